The van der Waals surface area contributed by atoms with Gasteiger partial charge in [0.15, 0.2) is 12.4 Å². The fourth-order valence-electron chi connectivity index (χ4n) is 3.55. The number of rotatable bonds is 17. The Bertz CT molecular complexity index is 860. The second-order valence-electron chi connectivity index (χ2n) is 8.78. The van der Waals surface area contributed by atoms with Crippen LogP contribution in [0.4, 0.5) is 4.39 Å². The molecule has 1 heterocycles. The molecule has 0 spiro atoms. The Hall–Kier alpha value is -2.32. The number of carbonyl (C=O) groups excluding carboxylic acids is 2. The average molecular weight is 493 g/mol. The lowest BCUT2D eigenvalue weighted by molar-refractivity contribution is -0.123. The first kappa shape index (κ1) is 27.9. The summed E-state index contributed by atoms with van der Waals surface area (Å²) in [5, 5.41) is 6.39. The van der Waals surface area contributed by atoms with Gasteiger partial charge in [-0.2, -0.15) is 0 Å². The number of thioether (sulfide) groups is 1. The van der Waals surface area contributed by atoms with Crippen LogP contribution in [0, 0.1) is 11.7 Å². The molecule has 2 unspecified atom stereocenters. The molecule has 2 atom stereocenters. The molecular formula is C26H37FN2O4S. The smallest absolute Gasteiger partial charge is 0.258 e. The van der Waals surface area contributed by atoms with Gasteiger partial charge in [0.05, 0.1) is 23.8 Å². The molecule has 0 fully saturated rings. The second-order valence-corrected chi connectivity index (χ2v) is 9.77. The Kier molecular flexibility index (Phi) is 12.8. The predicted molar refractivity (Wildman–Crippen MR) is 134 cm³/mol. The molecule has 0 bridgehead atoms. The van der Waals surface area contributed by atoms with E-state index in [1.54, 1.807) is 24.1 Å². The van der Waals surface area contributed by atoms with Crippen molar-refractivity contribution in [1.29, 1.82) is 0 Å². The van der Waals surface area contributed by atoms with Gasteiger partial charge in [0.1, 0.15) is 17.3 Å². The number of hydrogen-bond acceptors (Lipinski definition) is 6. The second kappa shape index (κ2) is 15.6. The van der Waals surface area contributed by atoms with Crippen molar-refractivity contribution in [3.05, 3.63) is 54.2 Å². The van der Waals surface area contributed by atoms with Crippen LogP contribution in [0.5, 0.6) is 5.75 Å². The summed E-state index contributed by atoms with van der Waals surface area (Å²) in [6, 6.07) is 9.07. The number of ketones is 1. The van der Waals surface area contributed by atoms with Gasteiger partial charge < -0.3 is 19.8 Å². The molecule has 1 aromatic carbocycles. The van der Waals surface area contributed by atoms with E-state index < -0.39 is 5.82 Å². The van der Waals surface area contributed by atoms with Gasteiger partial charge in [-0.05, 0) is 43.0 Å². The normalized spacial score (nSPS) is 13.0. The third-order valence-electron chi connectivity index (χ3n) is 5.20. The van der Waals surface area contributed by atoms with E-state index in [9.17, 15) is 14.0 Å². The van der Waals surface area contributed by atoms with Gasteiger partial charge in [0.25, 0.3) is 5.91 Å². The molecule has 34 heavy (non-hydrogen) atoms. The van der Waals surface area contributed by atoms with Gasteiger partial charge in [-0.15, -0.1) is 11.8 Å². The molecular weight excluding hydrogens is 455 g/mol. The highest BCUT2D eigenvalue weighted by molar-refractivity contribution is 7.99. The monoisotopic (exact) mass is 492 g/mol. The van der Waals surface area contributed by atoms with Crippen LogP contribution in [0.2, 0.25) is 0 Å². The number of unbranched alkanes of at least 4 members (excludes halogenated alkanes) is 1. The maximum atomic E-state index is 13.3. The number of Topliss-reactive ketones (excluding diaryl/α,β-unsaturated/α-hetero) is 1. The summed E-state index contributed by atoms with van der Waals surface area (Å²) in [6.45, 7) is 6.58. The van der Waals surface area contributed by atoms with E-state index in [1.807, 2.05) is 12.1 Å². The maximum Gasteiger partial charge on any atom is 0.258 e. The van der Waals surface area contributed by atoms with Crippen molar-refractivity contribution in [2.24, 2.45) is 5.92 Å². The minimum Gasteiger partial charge on any atom is -0.484 e. The number of halogens is 1. The van der Waals surface area contributed by atoms with Crippen LogP contribution in [0.25, 0.3) is 0 Å². The Labute approximate surface area is 206 Å². The summed E-state index contributed by atoms with van der Waals surface area (Å²) in [5.74, 6) is 2.08. The molecule has 2 rings (SSSR count). The molecule has 1 amide bonds. The van der Waals surface area contributed by atoms with Crippen molar-refractivity contribution in [2.75, 3.05) is 18.9 Å². The van der Waals surface area contributed by atoms with Crippen molar-refractivity contribution >= 4 is 23.5 Å². The molecule has 2 N–H and O–H groups in total. The number of benzene rings is 1. The van der Waals surface area contributed by atoms with Crippen molar-refractivity contribution in [3.8, 4) is 5.75 Å². The third-order valence-corrected chi connectivity index (χ3v) is 6.18. The summed E-state index contributed by atoms with van der Waals surface area (Å²) in [6.07, 6.45) is 5.13. The topological polar surface area (TPSA) is 80.6 Å². The molecule has 0 aliphatic heterocycles. The van der Waals surface area contributed by atoms with E-state index >= 15 is 0 Å². The number of furan rings is 1. The van der Waals surface area contributed by atoms with E-state index in [2.05, 4.69) is 31.4 Å². The van der Waals surface area contributed by atoms with Gasteiger partial charge in [-0.3, -0.25) is 9.59 Å². The largest absolute Gasteiger partial charge is 0.484 e. The SMILES string of the molecule is CCCCC(NCC(CC(C)C)NC(=O)COc1cccc(F)c1)C(=O)CSCc1ccco1. The molecule has 0 radical (unpaired) electrons. The van der Waals surface area contributed by atoms with Crippen LogP contribution in [-0.4, -0.2) is 42.7 Å². The quantitative estimate of drug-likeness (QED) is 0.324. The molecule has 0 aliphatic carbocycles. The molecule has 0 aliphatic rings. The molecule has 1 aromatic heterocycles. The first-order valence-corrected chi connectivity index (χ1v) is 13.1. The zero-order chi connectivity index (χ0) is 24.8. The minimum absolute atomic E-state index is 0.142. The van der Waals surface area contributed by atoms with Gasteiger partial charge in [-0.1, -0.05) is 39.7 Å². The lowest BCUT2D eigenvalue weighted by Gasteiger charge is -2.25. The standard InChI is InChI=1S/C26H37FN2O4S/c1-4-5-11-24(25(30)18-34-17-23-10-7-12-32-23)28-15-21(13-19(2)3)29-26(31)16-33-22-9-6-8-20(27)14-22/h6-10,12,14,19,21,24,28H,4-5,11,13,15-18H2,1-3H3,(H,29,31). The molecule has 0 saturated carbocycles. The number of carbonyl (C=O) groups is 2. The van der Waals surface area contributed by atoms with Crippen molar-refractivity contribution in [3.63, 3.8) is 0 Å². The van der Waals surface area contributed by atoms with Crippen LogP contribution in [-0.2, 0) is 15.3 Å². The zero-order valence-corrected chi connectivity index (χ0v) is 21.2. The van der Waals surface area contributed by atoms with Crippen LogP contribution in [0.15, 0.2) is 47.1 Å². The highest BCUT2D eigenvalue weighted by Crippen LogP contribution is 2.15. The summed E-state index contributed by atoms with van der Waals surface area (Å²) in [4.78, 5) is 25.3. The maximum absolute atomic E-state index is 13.3. The number of hydrogen-bond donors (Lipinski definition) is 2. The fraction of sp³-hybridized carbons (Fsp3) is 0.538. The molecule has 6 nitrogen and oxygen atoms in total. The zero-order valence-electron chi connectivity index (χ0n) is 20.3. The third kappa shape index (κ3) is 11.2. The van der Waals surface area contributed by atoms with Gasteiger partial charge >= 0.3 is 0 Å². The number of ether oxygens (including phenoxy) is 1. The number of nitrogens with one attached hydrogen (secondary N) is 2. The Morgan fingerprint density at radius 3 is 2.71 bits per heavy atom. The van der Waals surface area contributed by atoms with Gasteiger partial charge in [0, 0.05) is 18.7 Å². The highest BCUT2D eigenvalue weighted by Gasteiger charge is 2.21. The first-order valence-electron chi connectivity index (χ1n) is 11.9. The summed E-state index contributed by atoms with van der Waals surface area (Å²) < 4.78 is 24.0. The lowest BCUT2D eigenvalue weighted by atomic mass is 10.0. The number of amides is 1. The molecule has 188 valence electrons. The average Bonchev–Trinajstić information content (AvgIpc) is 3.31. The molecule has 2 aromatic rings. The summed E-state index contributed by atoms with van der Waals surface area (Å²) >= 11 is 1.55. The summed E-state index contributed by atoms with van der Waals surface area (Å²) in [5.41, 5.74) is 0. The summed E-state index contributed by atoms with van der Waals surface area (Å²) in [7, 11) is 0. The Morgan fingerprint density at radius 1 is 1.21 bits per heavy atom. The molecule has 0 saturated heterocycles. The van der Waals surface area contributed by atoms with Crippen LogP contribution in [0.3, 0.4) is 0 Å². The highest BCUT2D eigenvalue weighted by atomic mass is 32.2. The van der Waals surface area contributed by atoms with Crippen LogP contribution >= 0.6 is 11.8 Å². The van der Waals surface area contributed by atoms with Crippen LogP contribution in [0.1, 0.15) is 52.2 Å². The molecule has 8 heteroatoms. The van der Waals surface area contributed by atoms with E-state index in [1.165, 1.54) is 18.2 Å². The minimum atomic E-state index is -0.412. The van der Waals surface area contributed by atoms with Gasteiger partial charge in [0.2, 0.25) is 0 Å². The lowest BCUT2D eigenvalue weighted by Crippen LogP contribution is -2.49. The van der Waals surface area contributed by atoms with E-state index in [-0.39, 0.29) is 30.4 Å². The van der Waals surface area contributed by atoms with Crippen molar-refractivity contribution < 1.29 is 23.1 Å². The van der Waals surface area contributed by atoms with Crippen molar-refractivity contribution in [2.45, 2.75) is 64.3 Å². The van der Waals surface area contributed by atoms with E-state index in [0.29, 0.717) is 29.7 Å². The van der Waals surface area contributed by atoms with Gasteiger partial charge in [-0.25, -0.2) is 4.39 Å². The van der Waals surface area contributed by atoms with Crippen LogP contribution < -0.4 is 15.4 Å². The Morgan fingerprint density at radius 2 is 2.03 bits per heavy atom. The van der Waals surface area contributed by atoms with Crippen molar-refractivity contribution in [1.82, 2.24) is 10.6 Å². The van der Waals surface area contributed by atoms with E-state index in [4.69, 9.17) is 9.15 Å². The first-order chi connectivity index (χ1) is 16.4. The Balaban J connectivity index is 1.86. The van der Waals surface area contributed by atoms with E-state index in [0.717, 1.165) is 31.4 Å². The fourth-order valence-corrected chi connectivity index (χ4v) is 4.42. The predicted octanol–water partition coefficient (Wildman–Crippen LogP) is 4.98.